The summed E-state index contributed by atoms with van der Waals surface area (Å²) in [5.74, 6) is -1.66. The smallest absolute Gasteiger partial charge is 0.471 e. The summed E-state index contributed by atoms with van der Waals surface area (Å²) in [4.78, 5) is 16.6. The third-order valence-electron chi connectivity index (χ3n) is 5.99. The van der Waals surface area contributed by atoms with Crippen LogP contribution in [0.3, 0.4) is 0 Å². The summed E-state index contributed by atoms with van der Waals surface area (Å²) in [6.07, 6.45) is -5.96. The molecule has 0 aliphatic carbocycles. The molecule has 1 amide bonds. The number of ether oxygens (including phenoxy) is 1. The average molecular weight is 575 g/mol. The molecule has 210 valence electrons. The van der Waals surface area contributed by atoms with E-state index in [0.29, 0.717) is 27.4 Å². The van der Waals surface area contributed by atoms with Crippen LogP contribution in [0.15, 0.2) is 83.8 Å². The second kappa shape index (κ2) is 11.6. The number of amides is 1. The van der Waals surface area contributed by atoms with E-state index in [0.717, 1.165) is 18.0 Å². The van der Waals surface area contributed by atoms with Gasteiger partial charge in [-0.1, -0.05) is 35.9 Å². The van der Waals surface area contributed by atoms with Gasteiger partial charge in [0.15, 0.2) is 0 Å². The van der Waals surface area contributed by atoms with Gasteiger partial charge in [-0.25, -0.2) is 4.98 Å². The Bertz CT molecular complexity index is 1610. The Kier molecular flexibility index (Phi) is 8.43. The molecule has 3 aromatic carbocycles. The highest BCUT2D eigenvalue weighted by atomic mass is 32.2. The van der Waals surface area contributed by atoms with E-state index in [2.05, 4.69) is 4.98 Å². The molecule has 8 nitrogen and oxygen atoms in total. The molecule has 1 atom stereocenters. The predicted octanol–water partition coefficient (Wildman–Crippen LogP) is 4.88. The number of halogens is 3. The molecule has 0 bridgehead atoms. The monoisotopic (exact) mass is 574 g/mol. The van der Waals surface area contributed by atoms with Crippen molar-refractivity contribution in [1.82, 2.24) is 4.98 Å². The van der Waals surface area contributed by atoms with E-state index in [4.69, 9.17) is 8.92 Å². The number of hydrogen-bond donors (Lipinski definition) is 1. The molecule has 1 N–H and O–H groups in total. The molecule has 0 aliphatic heterocycles. The minimum atomic E-state index is -4.98. The van der Waals surface area contributed by atoms with Crippen LogP contribution in [0.1, 0.15) is 5.56 Å². The lowest BCUT2D eigenvalue weighted by molar-refractivity contribution is -0.170. The number of aromatic nitrogens is 1. The van der Waals surface area contributed by atoms with Crippen LogP contribution in [0.4, 0.5) is 18.9 Å². The van der Waals surface area contributed by atoms with E-state index < -0.39 is 41.5 Å². The number of alkyl halides is 3. The lowest BCUT2D eigenvalue weighted by Crippen LogP contribution is -2.38. The predicted molar refractivity (Wildman–Crippen MR) is 142 cm³/mol. The molecule has 0 radical (unpaired) electrons. The van der Waals surface area contributed by atoms with Crippen molar-refractivity contribution in [3.63, 3.8) is 0 Å². The maximum absolute atomic E-state index is 12.7. The number of carbonyl (C=O) groups excluding carboxylic acids is 1. The largest absolute Gasteiger partial charge is 0.485 e. The van der Waals surface area contributed by atoms with Crippen LogP contribution in [-0.4, -0.2) is 57.0 Å². The Balaban J connectivity index is 1.48. The molecular formula is C28H25F3N2O6S. The molecule has 1 aromatic heterocycles. The van der Waals surface area contributed by atoms with Gasteiger partial charge in [-0.3, -0.25) is 8.98 Å². The highest BCUT2D eigenvalue weighted by Gasteiger charge is 2.41. The number of carbonyl (C=O) groups is 1. The van der Waals surface area contributed by atoms with Gasteiger partial charge in [-0.05, 0) is 49.4 Å². The molecule has 0 saturated heterocycles. The third-order valence-corrected chi connectivity index (χ3v) is 7.28. The van der Waals surface area contributed by atoms with Gasteiger partial charge in [-0.15, -0.1) is 0 Å². The normalized spacial score (nSPS) is 12.8. The van der Waals surface area contributed by atoms with Gasteiger partial charge in [0.1, 0.15) is 18.5 Å². The van der Waals surface area contributed by atoms with Crippen molar-refractivity contribution in [3.8, 4) is 17.0 Å². The topological polar surface area (TPSA) is 106 Å². The first-order valence-corrected chi connectivity index (χ1v) is 13.4. The van der Waals surface area contributed by atoms with Crippen molar-refractivity contribution in [2.45, 2.75) is 24.1 Å². The molecule has 0 saturated carbocycles. The number of nitrogens with zero attached hydrogens (tertiary/aromatic N) is 2. The van der Waals surface area contributed by atoms with Gasteiger partial charge >= 0.3 is 12.1 Å². The van der Waals surface area contributed by atoms with E-state index in [1.54, 1.807) is 54.6 Å². The Morgan fingerprint density at radius 1 is 1.00 bits per heavy atom. The molecule has 1 heterocycles. The first-order chi connectivity index (χ1) is 18.9. The van der Waals surface area contributed by atoms with E-state index in [1.807, 2.05) is 6.92 Å². The summed E-state index contributed by atoms with van der Waals surface area (Å²) < 4.78 is 74.0. The van der Waals surface area contributed by atoms with Crippen molar-refractivity contribution in [2.75, 3.05) is 25.2 Å². The lowest BCUT2D eigenvalue weighted by Gasteiger charge is -2.19. The number of aryl methyl sites for hydroxylation is 1. The summed E-state index contributed by atoms with van der Waals surface area (Å²) in [7, 11) is -3.00. The van der Waals surface area contributed by atoms with Gasteiger partial charge in [0.25, 0.3) is 10.1 Å². The number of aliphatic hydroxyl groups excluding tert-OH is 1. The van der Waals surface area contributed by atoms with Gasteiger partial charge < -0.3 is 14.7 Å². The Morgan fingerprint density at radius 3 is 2.27 bits per heavy atom. The summed E-state index contributed by atoms with van der Waals surface area (Å²) in [6.45, 7) is 0.900. The van der Waals surface area contributed by atoms with E-state index in [9.17, 15) is 31.5 Å². The fraction of sp³-hybridized carbons (Fsp3) is 0.214. The van der Waals surface area contributed by atoms with E-state index >= 15 is 0 Å². The number of aliphatic hydroxyl groups is 1. The molecule has 40 heavy (non-hydrogen) atoms. The van der Waals surface area contributed by atoms with Gasteiger partial charge in [0.05, 0.1) is 22.7 Å². The summed E-state index contributed by atoms with van der Waals surface area (Å²) >= 11 is 0. The Labute approximate surface area is 228 Å². The van der Waals surface area contributed by atoms with Gasteiger partial charge in [0.2, 0.25) is 0 Å². The highest BCUT2D eigenvalue weighted by molar-refractivity contribution is 7.86. The quantitative estimate of drug-likeness (QED) is 0.284. The van der Waals surface area contributed by atoms with Crippen LogP contribution < -0.4 is 9.64 Å². The number of hydrogen-bond acceptors (Lipinski definition) is 7. The van der Waals surface area contributed by atoms with Crippen LogP contribution in [-0.2, 0) is 19.1 Å². The number of fused-ring (bicyclic) bond motifs is 1. The molecule has 1 unspecified atom stereocenters. The summed E-state index contributed by atoms with van der Waals surface area (Å²) in [5, 5.41) is 10.5. The fourth-order valence-corrected chi connectivity index (χ4v) is 4.69. The fourth-order valence-electron chi connectivity index (χ4n) is 3.75. The minimum absolute atomic E-state index is 0.0103. The maximum Gasteiger partial charge on any atom is 0.471 e. The number of benzene rings is 3. The molecule has 0 aliphatic rings. The second-order valence-corrected chi connectivity index (χ2v) is 10.5. The number of pyridine rings is 1. The third kappa shape index (κ3) is 6.76. The van der Waals surface area contributed by atoms with E-state index in [-0.39, 0.29) is 10.6 Å². The number of anilines is 1. The second-order valence-electron chi connectivity index (χ2n) is 8.93. The van der Waals surface area contributed by atoms with Gasteiger partial charge in [0, 0.05) is 29.8 Å². The summed E-state index contributed by atoms with van der Waals surface area (Å²) in [6, 6.07) is 20.6. The maximum atomic E-state index is 12.7. The minimum Gasteiger partial charge on any atom is -0.485 e. The standard InChI is InChI=1S/C28H25F3N2O6S/c1-18-3-12-24(13-4-18)40(36,37)38-17-23(16-34)39-22-11-7-20-8-14-25(32-26(20)15-22)19-5-9-21(10-6-19)33(2)27(35)28(29,30)31/h3-15,23,34H,16-17H2,1-2H3. The average Bonchev–Trinajstić information content (AvgIpc) is 2.94. The SMILES string of the molecule is Cc1ccc(S(=O)(=O)OCC(CO)Oc2ccc3ccc(-c4ccc(N(C)C(=O)C(F)(F)F)cc4)nc3c2)cc1. The van der Waals surface area contributed by atoms with Crippen molar-refractivity contribution < 1.29 is 40.4 Å². The molecule has 12 heteroatoms. The zero-order valence-corrected chi connectivity index (χ0v) is 22.2. The molecule has 0 fully saturated rings. The number of rotatable bonds is 9. The molecule has 0 spiro atoms. The van der Waals surface area contributed by atoms with Crippen LogP contribution >= 0.6 is 0 Å². The van der Waals surface area contributed by atoms with Crippen molar-refractivity contribution >= 4 is 32.6 Å². The first-order valence-electron chi connectivity index (χ1n) is 12.0. The highest BCUT2D eigenvalue weighted by Crippen LogP contribution is 2.28. The zero-order valence-electron chi connectivity index (χ0n) is 21.4. The van der Waals surface area contributed by atoms with Crippen LogP contribution in [0.5, 0.6) is 5.75 Å². The Hall–Kier alpha value is -4.00. The lowest BCUT2D eigenvalue weighted by atomic mass is 10.1. The van der Waals surface area contributed by atoms with Crippen LogP contribution in [0.2, 0.25) is 0 Å². The Morgan fingerprint density at radius 2 is 1.65 bits per heavy atom. The summed E-state index contributed by atoms with van der Waals surface area (Å²) in [5.41, 5.74) is 2.61. The molecule has 4 aromatic rings. The van der Waals surface area contributed by atoms with Gasteiger partial charge in [-0.2, -0.15) is 21.6 Å². The molecular weight excluding hydrogens is 549 g/mol. The first kappa shape index (κ1) is 29.0. The van der Waals surface area contributed by atoms with Crippen molar-refractivity contribution in [3.05, 3.63) is 84.4 Å². The zero-order chi connectivity index (χ0) is 29.1. The van der Waals surface area contributed by atoms with Crippen LogP contribution in [0.25, 0.3) is 22.2 Å². The van der Waals surface area contributed by atoms with Crippen molar-refractivity contribution in [2.24, 2.45) is 0 Å². The van der Waals surface area contributed by atoms with Crippen molar-refractivity contribution in [1.29, 1.82) is 0 Å². The van der Waals surface area contributed by atoms with Crippen LogP contribution in [0, 0.1) is 6.92 Å². The van der Waals surface area contributed by atoms with E-state index in [1.165, 1.54) is 24.3 Å². The molecule has 4 rings (SSSR count).